The van der Waals surface area contributed by atoms with Gasteiger partial charge in [-0.3, -0.25) is 4.79 Å². The lowest BCUT2D eigenvalue weighted by Crippen LogP contribution is -2.31. The highest BCUT2D eigenvalue weighted by Crippen LogP contribution is 2.30. The molecular formula is C21H24N4O3S. The van der Waals surface area contributed by atoms with Crippen LogP contribution in [0, 0.1) is 6.92 Å². The lowest BCUT2D eigenvalue weighted by atomic mass is 10.1. The van der Waals surface area contributed by atoms with Crippen LogP contribution in [-0.2, 0) is 9.84 Å². The zero-order valence-corrected chi connectivity index (χ0v) is 17.7. The van der Waals surface area contributed by atoms with Crippen LogP contribution in [0.1, 0.15) is 29.9 Å². The smallest absolute Gasteiger partial charge is 0.257 e. The summed E-state index contributed by atoms with van der Waals surface area (Å²) in [4.78, 5) is 23.9. The van der Waals surface area contributed by atoms with Gasteiger partial charge < -0.3 is 10.2 Å². The Morgan fingerprint density at radius 2 is 1.72 bits per heavy atom. The van der Waals surface area contributed by atoms with Crippen molar-refractivity contribution >= 4 is 38.2 Å². The average molecular weight is 413 g/mol. The molecular weight excluding hydrogens is 388 g/mol. The van der Waals surface area contributed by atoms with Crippen molar-refractivity contribution in [2.75, 3.05) is 24.7 Å². The number of hydrogen-bond donors (Lipinski definition) is 1. The van der Waals surface area contributed by atoms with E-state index >= 15 is 0 Å². The number of aryl methyl sites for hydroxylation is 1. The Bertz CT molecular complexity index is 1150. The fraction of sp³-hybridized carbons (Fsp3) is 0.286. The van der Waals surface area contributed by atoms with Crippen molar-refractivity contribution < 1.29 is 13.2 Å². The van der Waals surface area contributed by atoms with Gasteiger partial charge in [0.2, 0.25) is 0 Å². The molecule has 2 aromatic heterocycles. The van der Waals surface area contributed by atoms with Crippen LogP contribution >= 0.6 is 0 Å². The summed E-state index contributed by atoms with van der Waals surface area (Å²) in [5, 5.41) is 4.00. The van der Waals surface area contributed by atoms with E-state index in [0.29, 0.717) is 35.7 Å². The van der Waals surface area contributed by atoms with Gasteiger partial charge in [-0.15, -0.1) is 0 Å². The molecule has 0 saturated carbocycles. The fourth-order valence-electron chi connectivity index (χ4n) is 3.08. The van der Waals surface area contributed by atoms with E-state index in [4.69, 9.17) is 0 Å². The van der Waals surface area contributed by atoms with Crippen LogP contribution in [-0.4, -0.2) is 48.5 Å². The van der Waals surface area contributed by atoms with Gasteiger partial charge in [-0.2, -0.15) is 0 Å². The zero-order valence-electron chi connectivity index (χ0n) is 16.9. The third kappa shape index (κ3) is 4.37. The van der Waals surface area contributed by atoms with Crippen LogP contribution in [0.3, 0.4) is 0 Å². The highest BCUT2D eigenvalue weighted by molar-refractivity contribution is 7.90. The number of carbonyl (C=O) groups is 1. The molecule has 3 aromatic rings. The lowest BCUT2D eigenvalue weighted by molar-refractivity contribution is 0.0773. The van der Waals surface area contributed by atoms with Crippen LogP contribution in [0.4, 0.5) is 11.4 Å². The van der Waals surface area contributed by atoms with E-state index in [-0.39, 0.29) is 10.8 Å². The normalized spacial score (nSPS) is 11.4. The van der Waals surface area contributed by atoms with Crippen LogP contribution in [0.15, 0.2) is 47.5 Å². The molecule has 3 rings (SSSR count). The molecule has 0 saturated heterocycles. The second-order valence-corrected chi connectivity index (χ2v) is 8.79. The molecule has 0 fully saturated rings. The first-order chi connectivity index (χ1) is 13.7. The largest absolute Gasteiger partial charge is 0.354 e. The second-order valence-electron chi connectivity index (χ2n) is 6.77. The van der Waals surface area contributed by atoms with Crippen molar-refractivity contribution in [1.29, 1.82) is 0 Å². The van der Waals surface area contributed by atoms with Gasteiger partial charge in [0.1, 0.15) is 0 Å². The monoisotopic (exact) mass is 412 g/mol. The Morgan fingerprint density at radius 1 is 1.07 bits per heavy atom. The molecule has 8 heteroatoms. The van der Waals surface area contributed by atoms with Crippen molar-refractivity contribution in [2.24, 2.45) is 0 Å². The average Bonchev–Trinajstić information content (AvgIpc) is 2.68. The first-order valence-electron chi connectivity index (χ1n) is 9.37. The minimum Gasteiger partial charge on any atom is -0.354 e. The van der Waals surface area contributed by atoms with Gasteiger partial charge in [-0.25, -0.2) is 18.4 Å². The van der Waals surface area contributed by atoms with Gasteiger partial charge in [-0.1, -0.05) is 0 Å². The molecule has 0 atom stereocenters. The fourth-order valence-corrected chi connectivity index (χ4v) is 3.71. The molecule has 0 spiro atoms. The molecule has 0 radical (unpaired) electrons. The first-order valence-corrected chi connectivity index (χ1v) is 11.3. The number of fused-ring (bicyclic) bond motifs is 1. The molecule has 152 valence electrons. The Morgan fingerprint density at radius 3 is 2.31 bits per heavy atom. The van der Waals surface area contributed by atoms with E-state index in [0.717, 1.165) is 11.1 Å². The summed E-state index contributed by atoms with van der Waals surface area (Å²) < 4.78 is 23.4. The van der Waals surface area contributed by atoms with Crippen LogP contribution in [0.25, 0.3) is 11.0 Å². The molecule has 0 unspecified atom stereocenters. The molecule has 1 aromatic carbocycles. The van der Waals surface area contributed by atoms with Crippen molar-refractivity contribution in [3.63, 3.8) is 0 Å². The number of nitrogens with one attached hydrogen (secondary N) is 1. The van der Waals surface area contributed by atoms with Crippen LogP contribution in [0.5, 0.6) is 0 Å². The summed E-state index contributed by atoms with van der Waals surface area (Å²) in [5.74, 6) is -0.125. The number of aromatic nitrogens is 2. The SMILES string of the molecule is CCN(CC)C(=O)c1cnc2nc(C)ccc2c1Nc1ccc(S(C)(=O)=O)cc1. The highest BCUT2D eigenvalue weighted by Gasteiger charge is 2.20. The molecule has 0 aliphatic heterocycles. The molecule has 29 heavy (non-hydrogen) atoms. The zero-order chi connectivity index (χ0) is 21.2. The third-order valence-corrected chi connectivity index (χ3v) is 5.83. The quantitative estimate of drug-likeness (QED) is 0.665. The Kier molecular flexibility index (Phi) is 5.83. The number of rotatable bonds is 6. The minimum absolute atomic E-state index is 0.125. The summed E-state index contributed by atoms with van der Waals surface area (Å²) >= 11 is 0. The second kappa shape index (κ2) is 8.16. The number of nitrogens with zero attached hydrogens (tertiary/aromatic N) is 3. The Balaban J connectivity index is 2.12. The van der Waals surface area contributed by atoms with Gasteiger partial charge in [0.05, 0.1) is 16.1 Å². The molecule has 1 N–H and O–H groups in total. The van der Waals surface area contributed by atoms with E-state index < -0.39 is 9.84 Å². The number of amides is 1. The molecule has 2 heterocycles. The predicted octanol–water partition coefficient (Wildman–Crippen LogP) is 3.57. The minimum atomic E-state index is -3.28. The molecule has 0 aliphatic carbocycles. The number of sulfone groups is 1. The summed E-state index contributed by atoms with van der Waals surface area (Å²) in [7, 11) is -3.28. The molecule has 1 amide bonds. The summed E-state index contributed by atoms with van der Waals surface area (Å²) in [6.45, 7) is 6.91. The summed E-state index contributed by atoms with van der Waals surface area (Å²) in [6, 6.07) is 10.2. The predicted molar refractivity (Wildman–Crippen MR) is 114 cm³/mol. The topological polar surface area (TPSA) is 92.3 Å². The number of hydrogen-bond acceptors (Lipinski definition) is 6. The maximum absolute atomic E-state index is 13.1. The van der Waals surface area contributed by atoms with E-state index in [1.807, 2.05) is 32.9 Å². The number of carbonyl (C=O) groups excluding carboxylic acids is 1. The molecule has 0 bridgehead atoms. The van der Waals surface area contributed by atoms with E-state index in [1.54, 1.807) is 23.2 Å². The molecule has 0 aliphatic rings. The van der Waals surface area contributed by atoms with E-state index in [2.05, 4.69) is 15.3 Å². The number of anilines is 2. The Labute approximate surface area is 170 Å². The van der Waals surface area contributed by atoms with E-state index in [9.17, 15) is 13.2 Å². The van der Waals surface area contributed by atoms with E-state index in [1.165, 1.54) is 18.4 Å². The van der Waals surface area contributed by atoms with Gasteiger partial charge in [0.15, 0.2) is 15.5 Å². The summed E-state index contributed by atoms with van der Waals surface area (Å²) in [6.07, 6.45) is 2.71. The lowest BCUT2D eigenvalue weighted by Gasteiger charge is -2.21. The number of benzene rings is 1. The highest BCUT2D eigenvalue weighted by atomic mass is 32.2. The van der Waals surface area contributed by atoms with Crippen molar-refractivity contribution in [2.45, 2.75) is 25.7 Å². The maximum Gasteiger partial charge on any atom is 0.257 e. The molecule has 7 nitrogen and oxygen atoms in total. The van der Waals surface area contributed by atoms with Crippen molar-refractivity contribution in [3.8, 4) is 0 Å². The first kappa shape index (κ1) is 20.7. The van der Waals surface area contributed by atoms with Crippen molar-refractivity contribution in [3.05, 3.63) is 53.9 Å². The standard InChI is InChI=1S/C21H24N4O3S/c1-5-25(6-2)21(26)18-13-22-20-17(12-7-14(3)23-20)19(18)24-15-8-10-16(11-9-15)29(4,27)28/h7-13H,5-6H2,1-4H3,(H,22,23,24). The van der Waals surface area contributed by atoms with Gasteiger partial charge in [-0.05, 0) is 57.2 Å². The maximum atomic E-state index is 13.1. The van der Waals surface area contributed by atoms with Crippen molar-refractivity contribution in [1.82, 2.24) is 14.9 Å². The van der Waals surface area contributed by atoms with Crippen LogP contribution < -0.4 is 5.32 Å². The third-order valence-electron chi connectivity index (χ3n) is 4.70. The van der Waals surface area contributed by atoms with Gasteiger partial charge in [0, 0.05) is 42.3 Å². The number of pyridine rings is 2. The summed E-state index contributed by atoms with van der Waals surface area (Å²) in [5.41, 5.74) is 3.08. The van der Waals surface area contributed by atoms with Gasteiger partial charge in [0.25, 0.3) is 5.91 Å². The Hall–Kier alpha value is -3.00. The van der Waals surface area contributed by atoms with Crippen LogP contribution in [0.2, 0.25) is 0 Å². The van der Waals surface area contributed by atoms with Gasteiger partial charge >= 0.3 is 0 Å².